The van der Waals surface area contributed by atoms with Gasteiger partial charge in [0.2, 0.25) is 0 Å². The van der Waals surface area contributed by atoms with Gasteiger partial charge in [-0.05, 0) is 18.6 Å². The molecule has 110 valence electrons. The van der Waals surface area contributed by atoms with E-state index in [1.807, 2.05) is 41.1 Å². The topological polar surface area (TPSA) is 46.9 Å². The molecule has 1 aromatic heterocycles. The Morgan fingerprint density at radius 3 is 3.05 bits per heavy atom. The standard InChI is InChI=1S/C16H19N3OS/c1-2-12-21-15-7-4-3-6-14(15)16(20)18-8-5-10-19-11-9-17-13-19/h2-4,6-7,9,11,13H,1,5,8,10,12H2,(H,18,20). The summed E-state index contributed by atoms with van der Waals surface area (Å²) in [5.41, 5.74) is 0.729. The fourth-order valence-corrected chi connectivity index (χ4v) is 2.70. The molecule has 2 aromatic rings. The van der Waals surface area contributed by atoms with E-state index >= 15 is 0 Å². The molecule has 0 saturated heterocycles. The Bertz CT molecular complexity index is 581. The maximum atomic E-state index is 12.2. The van der Waals surface area contributed by atoms with E-state index in [2.05, 4.69) is 16.9 Å². The first-order valence-electron chi connectivity index (χ1n) is 6.88. The van der Waals surface area contributed by atoms with Gasteiger partial charge in [-0.3, -0.25) is 4.79 Å². The molecule has 0 radical (unpaired) electrons. The molecule has 0 aliphatic carbocycles. The molecule has 21 heavy (non-hydrogen) atoms. The summed E-state index contributed by atoms with van der Waals surface area (Å²) in [5, 5.41) is 2.97. The number of hydrogen-bond donors (Lipinski definition) is 1. The number of carbonyl (C=O) groups is 1. The molecule has 4 nitrogen and oxygen atoms in total. The van der Waals surface area contributed by atoms with E-state index < -0.39 is 0 Å². The van der Waals surface area contributed by atoms with E-state index in [-0.39, 0.29) is 5.91 Å². The molecule has 0 spiro atoms. The van der Waals surface area contributed by atoms with Gasteiger partial charge in [-0.15, -0.1) is 18.3 Å². The van der Waals surface area contributed by atoms with Crippen LogP contribution in [0.3, 0.4) is 0 Å². The van der Waals surface area contributed by atoms with Crippen molar-refractivity contribution in [3.63, 3.8) is 0 Å². The average Bonchev–Trinajstić information content (AvgIpc) is 3.03. The Balaban J connectivity index is 1.83. The third kappa shape index (κ3) is 4.79. The number of thioether (sulfide) groups is 1. The first-order chi connectivity index (χ1) is 10.3. The molecule has 1 amide bonds. The third-order valence-electron chi connectivity index (χ3n) is 2.93. The molecule has 0 atom stereocenters. The van der Waals surface area contributed by atoms with Crippen LogP contribution in [0.25, 0.3) is 0 Å². The van der Waals surface area contributed by atoms with Crippen LogP contribution in [0.15, 0.2) is 60.5 Å². The number of aryl methyl sites for hydroxylation is 1. The smallest absolute Gasteiger partial charge is 0.252 e. The number of carbonyl (C=O) groups excluding carboxylic acids is 1. The lowest BCUT2D eigenvalue weighted by atomic mass is 10.2. The number of rotatable bonds is 8. The number of benzene rings is 1. The zero-order valence-corrected chi connectivity index (χ0v) is 12.7. The Kier molecular flexibility index (Phi) is 6.09. The Hall–Kier alpha value is -2.01. The van der Waals surface area contributed by atoms with E-state index in [1.54, 1.807) is 24.3 Å². The van der Waals surface area contributed by atoms with Crippen LogP contribution in [-0.2, 0) is 6.54 Å². The van der Waals surface area contributed by atoms with Crippen LogP contribution in [0.1, 0.15) is 16.8 Å². The zero-order chi connectivity index (χ0) is 14.9. The lowest BCUT2D eigenvalue weighted by molar-refractivity contribution is 0.0950. The van der Waals surface area contributed by atoms with Gasteiger partial charge in [-0.2, -0.15) is 0 Å². The predicted octanol–water partition coefficient (Wildman–Crippen LogP) is 2.98. The number of nitrogens with one attached hydrogen (secondary N) is 1. The van der Waals surface area contributed by atoms with Gasteiger partial charge in [0, 0.05) is 36.1 Å². The highest BCUT2D eigenvalue weighted by atomic mass is 32.2. The highest BCUT2D eigenvalue weighted by Gasteiger charge is 2.10. The van der Waals surface area contributed by atoms with E-state index in [0.717, 1.165) is 29.2 Å². The number of hydrogen-bond acceptors (Lipinski definition) is 3. The molecule has 0 fully saturated rings. The molecule has 2 rings (SSSR count). The second kappa shape index (κ2) is 8.32. The number of aromatic nitrogens is 2. The summed E-state index contributed by atoms with van der Waals surface area (Å²) in [4.78, 5) is 17.2. The lowest BCUT2D eigenvalue weighted by Gasteiger charge is -2.09. The van der Waals surface area contributed by atoms with Gasteiger partial charge in [0.1, 0.15) is 0 Å². The summed E-state index contributed by atoms with van der Waals surface area (Å²) in [7, 11) is 0. The molecule has 0 aliphatic heterocycles. The highest BCUT2D eigenvalue weighted by molar-refractivity contribution is 7.99. The average molecular weight is 301 g/mol. The van der Waals surface area contributed by atoms with Crippen molar-refractivity contribution in [2.24, 2.45) is 0 Å². The lowest BCUT2D eigenvalue weighted by Crippen LogP contribution is -2.25. The molecule has 0 aliphatic rings. The van der Waals surface area contributed by atoms with Crippen LogP contribution in [-0.4, -0.2) is 27.8 Å². The van der Waals surface area contributed by atoms with E-state index in [4.69, 9.17) is 0 Å². The number of imidazole rings is 1. The summed E-state index contributed by atoms with van der Waals surface area (Å²) in [6, 6.07) is 7.66. The molecule has 0 bridgehead atoms. The van der Waals surface area contributed by atoms with Crippen molar-refractivity contribution in [3.05, 3.63) is 61.2 Å². The van der Waals surface area contributed by atoms with Gasteiger partial charge in [0.05, 0.1) is 11.9 Å². The van der Waals surface area contributed by atoms with Crippen LogP contribution in [0, 0.1) is 0 Å². The predicted molar refractivity (Wildman–Crippen MR) is 86.5 cm³/mol. The van der Waals surface area contributed by atoms with Crippen molar-refractivity contribution in [1.82, 2.24) is 14.9 Å². The quantitative estimate of drug-likeness (QED) is 0.463. The zero-order valence-electron chi connectivity index (χ0n) is 11.9. The minimum absolute atomic E-state index is 0.0206. The summed E-state index contributed by atoms with van der Waals surface area (Å²) >= 11 is 1.62. The van der Waals surface area contributed by atoms with E-state index in [1.165, 1.54) is 0 Å². The molecular weight excluding hydrogens is 282 g/mol. The largest absolute Gasteiger partial charge is 0.352 e. The molecule has 1 N–H and O–H groups in total. The van der Waals surface area contributed by atoms with Crippen molar-refractivity contribution < 1.29 is 4.79 Å². The van der Waals surface area contributed by atoms with Crippen molar-refractivity contribution in [1.29, 1.82) is 0 Å². The van der Waals surface area contributed by atoms with Crippen LogP contribution >= 0.6 is 11.8 Å². The molecule has 0 saturated carbocycles. The minimum atomic E-state index is -0.0206. The van der Waals surface area contributed by atoms with Gasteiger partial charge < -0.3 is 9.88 Å². The van der Waals surface area contributed by atoms with Gasteiger partial charge in [0.15, 0.2) is 0 Å². The summed E-state index contributed by atoms with van der Waals surface area (Å²) in [6.07, 6.45) is 8.17. The SMILES string of the molecule is C=CCSc1ccccc1C(=O)NCCCn1ccnc1. The molecule has 1 heterocycles. The fourth-order valence-electron chi connectivity index (χ4n) is 1.91. The third-order valence-corrected chi connectivity index (χ3v) is 4.00. The first-order valence-corrected chi connectivity index (χ1v) is 7.86. The maximum absolute atomic E-state index is 12.2. The van der Waals surface area contributed by atoms with Gasteiger partial charge in [0.25, 0.3) is 5.91 Å². The van der Waals surface area contributed by atoms with E-state index in [9.17, 15) is 4.79 Å². The van der Waals surface area contributed by atoms with Gasteiger partial charge in [-0.25, -0.2) is 4.98 Å². The second-order valence-corrected chi connectivity index (χ2v) is 5.57. The molecule has 0 unspecified atom stereocenters. The van der Waals surface area contributed by atoms with Crippen molar-refractivity contribution in [2.75, 3.05) is 12.3 Å². The van der Waals surface area contributed by atoms with Crippen molar-refractivity contribution in [3.8, 4) is 0 Å². The number of nitrogens with zero attached hydrogens (tertiary/aromatic N) is 2. The van der Waals surface area contributed by atoms with Crippen LogP contribution in [0.2, 0.25) is 0 Å². The van der Waals surface area contributed by atoms with E-state index in [0.29, 0.717) is 6.54 Å². The summed E-state index contributed by atoms with van der Waals surface area (Å²) in [6.45, 7) is 5.21. The highest BCUT2D eigenvalue weighted by Crippen LogP contribution is 2.22. The second-order valence-electron chi connectivity index (χ2n) is 4.51. The summed E-state index contributed by atoms with van der Waals surface area (Å²) in [5.74, 6) is 0.776. The minimum Gasteiger partial charge on any atom is -0.352 e. The summed E-state index contributed by atoms with van der Waals surface area (Å²) < 4.78 is 2.00. The van der Waals surface area contributed by atoms with Crippen LogP contribution in [0.4, 0.5) is 0 Å². The normalized spacial score (nSPS) is 10.3. The molecular formula is C16H19N3OS. The Labute approximate surface area is 129 Å². The maximum Gasteiger partial charge on any atom is 0.252 e. The van der Waals surface area contributed by atoms with Crippen molar-refractivity contribution >= 4 is 17.7 Å². The van der Waals surface area contributed by atoms with Gasteiger partial charge in [-0.1, -0.05) is 18.2 Å². The monoisotopic (exact) mass is 301 g/mol. The van der Waals surface area contributed by atoms with Crippen LogP contribution in [0.5, 0.6) is 0 Å². The van der Waals surface area contributed by atoms with Crippen molar-refractivity contribution in [2.45, 2.75) is 17.9 Å². The first kappa shape index (κ1) is 15.4. The Morgan fingerprint density at radius 1 is 1.43 bits per heavy atom. The fraction of sp³-hybridized carbons (Fsp3) is 0.250. The Morgan fingerprint density at radius 2 is 2.29 bits per heavy atom. The number of amides is 1. The van der Waals surface area contributed by atoms with Crippen LogP contribution < -0.4 is 5.32 Å². The molecule has 1 aromatic carbocycles. The molecule has 5 heteroatoms. The van der Waals surface area contributed by atoms with Gasteiger partial charge >= 0.3 is 0 Å².